The van der Waals surface area contributed by atoms with E-state index in [-0.39, 0.29) is 36.0 Å². The number of nitrogens with zero attached hydrogens (tertiary/aromatic N) is 1. The Morgan fingerprint density at radius 3 is 2.49 bits per heavy atom. The van der Waals surface area contributed by atoms with Crippen LogP contribution in [-0.4, -0.2) is 29.0 Å². The van der Waals surface area contributed by atoms with Crippen molar-refractivity contribution in [1.29, 1.82) is 0 Å². The summed E-state index contributed by atoms with van der Waals surface area (Å²) in [5.74, 6) is -1.30. The highest BCUT2D eigenvalue weighted by Gasteiger charge is 2.29. The molecule has 0 radical (unpaired) electrons. The van der Waals surface area contributed by atoms with Crippen molar-refractivity contribution in [3.05, 3.63) is 75.2 Å². The summed E-state index contributed by atoms with van der Waals surface area (Å²) in [6.45, 7) is 0.216. The molecular formula is C24H23ClF2N4O3S. The number of ether oxygens (including phenoxy) is 1. The minimum Gasteiger partial charge on any atom is -0.486 e. The zero-order valence-corrected chi connectivity index (χ0v) is 20.1. The molecule has 7 nitrogen and oxygen atoms in total. The average molecular weight is 521 g/mol. The number of hydrogen-bond acceptors (Lipinski definition) is 5. The number of nitrogens with one attached hydrogen (secondary N) is 3. The molecule has 2 aromatic carbocycles. The minimum absolute atomic E-state index is 0.129. The molecule has 1 aliphatic carbocycles. The largest absolute Gasteiger partial charge is 0.486 e. The Labute approximate surface area is 209 Å². The van der Waals surface area contributed by atoms with Crippen LogP contribution in [0.3, 0.4) is 0 Å². The number of hydrogen-bond donors (Lipinski definition) is 3. The molecule has 184 valence electrons. The van der Waals surface area contributed by atoms with Gasteiger partial charge in [-0.15, -0.1) is 11.3 Å². The fraction of sp³-hybridized carbons (Fsp3) is 0.292. The molecule has 1 saturated carbocycles. The fourth-order valence-corrected chi connectivity index (χ4v) is 4.61. The van der Waals surface area contributed by atoms with Crippen molar-refractivity contribution in [1.82, 2.24) is 15.6 Å². The lowest BCUT2D eigenvalue weighted by Crippen LogP contribution is -2.54. The molecular weight excluding hydrogens is 498 g/mol. The first kappa shape index (κ1) is 24.9. The van der Waals surface area contributed by atoms with Crippen LogP contribution in [0, 0.1) is 11.6 Å². The lowest BCUT2D eigenvalue weighted by molar-refractivity contribution is 0.0911. The lowest BCUT2D eigenvalue weighted by atomic mass is 9.90. The van der Waals surface area contributed by atoms with E-state index in [9.17, 15) is 18.4 Å². The number of amides is 3. The molecule has 1 aromatic heterocycles. The Morgan fingerprint density at radius 2 is 1.77 bits per heavy atom. The third kappa shape index (κ3) is 6.89. The highest BCUT2D eigenvalue weighted by Crippen LogP contribution is 2.21. The molecule has 1 heterocycles. The summed E-state index contributed by atoms with van der Waals surface area (Å²) in [6.07, 6.45) is 3.11. The first-order valence-corrected chi connectivity index (χ1v) is 12.3. The van der Waals surface area contributed by atoms with Crippen molar-refractivity contribution in [2.24, 2.45) is 0 Å². The van der Waals surface area contributed by atoms with Crippen molar-refractivity contribution >= 4 is 40.6 Å². The number of carbonyl (C=O) groups is 2. The Morgan fingerprint density at radius 1 is 1.06 bits per heavy atom. The van der Waals surface area contributed by atoms with Crippen LogP contribution in [-0.2, 0) is 6.61 Å². The second-order valence-corrected chi connectivity index (χ2v) is 9.44. The quantitative estimate of drug-likeness (QED) is 0.382. The van der Waals surface area contributed by atoms with Crippen molar-refractivity contribution in [3.63, 3.8) is 0 Å². The Bertz CT molecular complexity index is 1190. The van der Waals surface area contributed by atoms with Gasteiger partial charge < -0.3 is 20.7 Å². The SMILES string of the molecule is O=C(Nc1ccc(F)cc1F)N[C@@H]1CCCC[C@@H]1NC(=O)c1csc(COc2ccc(Cl)cc2)n1. The van der Waals surface area contributed by atoms with Crippen LogP contribution in [0.2, 0.25) is 5.02 Å². The van der Waals surface area contributed by atoms with Crippen molar-refractivity contribution in [2.45, 2.75) is 44.4 Å². The second kappa shape index (κ2) is 11.5. The van der Waals surface area contributed by atoms with E-state index >= 15 is 0 Å². The number of aromatic nitrogens is 1. The zero-order valence-electron chi connectivity index (χ0n) is 18.5. The summed E-state index contributed by atoms with van der Waals surface area (Å²) in [4.78, 5) is 29.6. The maximum Gasteiger partial charge on any atom is 0.319 e. The normalized spacial score (nSPS) is 17.5. The van der Waals surface area contributed by atoms with Gasteiger partial charge >= 0.3 is 6.03 Å². The molecule has 3 N–H and O–H groups in total. The lowest BCUT2D eigenvalue weighted by Gasteiger charge is -2.32. The number of rotatable bonds is 7. The van der Waals surface area contributed by atoms with Crippen LogP contribution < -0.4 is 20.7 Å². The van der Waals surface area contributed by atoms with E-state index in [1.165, 1.54) is 11.3 Å². The number of carbonyl (C=O) groups excluding carboxylic acids is 2. The van der Waals surface area contributed by atoms with Gasteiger partial charge in [-0.1, -0.05) is 24.4 Å². The van der Waals surface area contributed by atoms with Gasteiger partial charge in [0.1, 0.15) is 34.7 Å². The van der Waals surface area contributed by atoms with Gasteiger partial charge in [0.25, 0.3) is 5.91 Å². The topological polar surface area (TPSA) is 92.4 Å². The van der Waals surface area contributed by atoms with Crippen LogP contribution in [0.1, 0.15) is 41.2 Å². The van der Waals surface area contributed by atoms with Gasteiger partial charge in [-0.2, -0.15) is 0 Å². The van der Waals surface area contributed by atoms with E-state index < -0.39 is 17.7 Å². The van der Waals surface area contributed by atoms with Gasteiger partial charge in [0, 0.05) is 22.5 Å². The van der Waals surface area contributed by atoms with Crippen LogP contribution in [0.25, 0.3) is 0 Å². The molecule has 11 heteroatoms. The molecule has 4 rings (SSSR count). The van der Waals surface area contributed by atoms with Gasteiger partial charge in [0.05, 0.1) is 11.7 Å². The number of thiazole rings is 1. The number of halogens is 3. The van der Waals surface area contributed by atoms with Gasteiger partial charge in [-0.25, -0.2) is 18.6 Å². The van der Waals surface area contributed by atoms with E-state index in [1.54, 1.807) is 29.6 Å². The Kier molecular flexibility index (Phi) is 8.14. The second-order valence-electron chi connectivity index (χ2n) is 8.06. The molecule has 2 atom stereocenters. The molecule has 0 unspecified atom stereocenters. The molecule has 3 amide bonds. The maximum absolute atomic E-state index is 13.8. The van der Waals surface area contributed by atoms with Crippen LogP contribution in [0.4, 0.5) is 19.3 Å². The third-order valence-corrected chi connectivity index (χ3v) is 6.61. The van der Waals surface area contributed by atoms with Crippen LogP contribution in [0.15, 0.2) is 47.8 Å². The molecule has 0 aliphatic heterocycles. The number of urea groups is 1. The molecule has 35 heavy (non-hydrogen) atoms. The van der Waals surface area contributed by atoms with E-state index in [0.29, 0.717) is 34.7 Å². The van der Waals surface area contributed by atoms with Gasteiger partial charge in [-0.05, 0) is 49.2 Å². The summed E-state index contributed by atoms with van der Waals surface area (Å²) >= 11 is 7.18. The molecule has 0 saturated heterocycles. The molecule has 0 spiro atoms. The highest BCUT2D eigenvalue weighted by molar-refractivity contribution is 7.09. The van der Waals surface area contributed by atoms with Crippen molar-refractivity contribution < 1.29 is 23.1 Å². The molecule has 3 aromatic rings. The standard InChI is InChI=1S/C24H23ClF2N4O3S/c25-14-5-8-16(9-6-14)34-12-22-28-21(13-35-22)23(32)29-19-3-1-2-4-20(19)31-24(33)30-18-10-7-15(26)11-17(18)27/h5-11,13,19-20H,1-4,12H2,(H,29,32)(H2,30,31,33)/t19-,20+/m0/s1. The first-order valence-electron chi connectivity index (χ1n) is 11.0. The smallest absolute Gasteiger partial charge is 0.319 e. The highest BCUT2D eigenvalue weighted by atomic mass is 35.5. The zero-order chi connectivity index (χ0) is 24.8. The molecule has 1 fully saturated rings. The predicted octanol–water partition coefficient (Wildman–Crippen LogP) is 5.52. The monoisotopic (exact) mass is 520 g/mol. The summed E-state index contributed by atoms with van der Waals surface area (Å²) < 4.78 is 32.6. The summed E-state index contributed by atoms with van der Waals surface area (Å²) in [5.41, 5.74) is 0.142. The first-order chi connectivity index (χ1) is 16.9. The van der Waals surface area contributed by atoms with Gasteiger partial charge in [0.2, 0.25) is 0 Å². The van der Waals surface area contributed by atoms with Crippen molar-refractivity contribution in [2.75, 3.05) is 5.32 Å². The van der Waals surface area contributed by atoms with Gasteiger partial charge in [0.15, 0.2) is 0 Å². The average Bonchev–Trinajstić information content (AvgIpc) is 3.31. The summed E-state index contributed by atoms with van der Waals surface area (Å²) in [5, 5.41) is 11.0. The Balaban J connectivity index is 1.31. The van der Waals surface area contributed by atoms with E-state index in [1.807, 2.05) is 0 Å². The molecule has 1 aliphatic rings. The summed E-state index contributed by atoms with van der Waals surface area (Å²) in [7, 11) is 0. The van der Waals surface area contributed by atoms with Gasteiger partial charge in [-0.3, -0.25) is 4.79 Å². The van der Waals surface area contributed by atoms with E-state index in [2.05, 4.69) is 20.9 Å². The third-order valence-electron chi connectivity index (χ3n) is 5.54. The minimum atomic E-state index is -0.868. The van der Waals surface area contributed by atoms with E-state index in [4.69, 9.17) is 16.3 Å². The summed E-state index contributed by atoms with van der Waals surface area (Å²) in [6, 6.07) is 8.58. The van der Waals surface area contributed by atoms with Crippen LogP contribution >= 0.6 is 22.9 Å². The van der Waals surface area contributed by atoms with Crippen molar-refractivity contribution in [3.8, 4) is 5.75 Å². The number of benzene rings is 2. The predicted molar refractivity (Wildman–Crippen MR) is 130 cm³/mol. The maximum atomic E-state index is 13.8. The van der Waals surface area contributed by atoms with Crippen LogP contribution in [0.5, 0.6) is 5.75 Å². The fourth-order valence-electron chi connectivity index (χ4n) is 3.79. The molecule has 0 bridgehead atoms. The number of anilines is 1. The Hall–Kier alpha value is -3.24. The van der Waals surface area contributed by atoms with E-state index in [0.717, 1.165) is 25.0 Å².